The maximum atomic E-state index is 6.11. The minimum absolute atomic E-state index is 0.562. The maximum Gasteiger partial charge on any atom is 0.268 e. The molecule has 0 radical (unpaired) electrons. The van der Waals surface area contributed by atoms with Crippen molar-refractivity contribution in [3.63, 3.8) is 0 Å². The molecule has 0 spiro atoms. The lowest BCUT2D eigenvalue weighted by atomic mass is 10.3. The van der Waals surface area contributed by atoms with E-state index in [9.17, 15) is 0 Å². The lowest BCUT2D eigenvalue weighted by molar-refractivity contribution is 0.111. The van der Waals surface area contributed by atoms with Gasteiger partial charge in [0.2, 0.25) is 16.6 Å². The van der Waals surface area contributed by atoms with Gasteiger partial charge in [-0.05, 0) is 65.1 Å². The quantitative estimate of drug-likeness (QED) is 0.172. The zero-order valence-electron chi connectivity index (χ0n) is 14.6. The second-order valence-corrected chi connectivity index (χ2v) is 16.0. The first-order valence-corrected chi connectivity index (χ1v) is 14.9. The summed E-state index contributed by atoms with van der Waals surface area (Å²) < 4.78 is 17.7. The molecule has 0 amide bonds. The molecule has 3 nitrogen and oxygen atoms in total. The first-order chi connectivity index (χ1) is 9.57. The molecule has 0 atom stereocenters. The average Bonchev–Trinajstić information content (AvgIpc) is 2.25. The number of allylic oxidation sites excluding steroid dienone is 2. The summed E-state index contributed by atoms with van der Waals surface area (Å²) >= 11 is 5.74. The first kappa shape index (κ1) is 20.6. The van der Waals surface area contributed by atoms with Crippen molar-refractivity contribution >= 4 is 28.2 Å². The molecule has 0 saturated heterocycles. The number of halogens is 1. The van der Waals surface area contributed by atoms with Crippen molar-refractivity contribution in [2.75, 3.05) is 12.5 Å². The fraction of sp³-hybridized carbons (Fsp3) is 0.733. The van der Waals surface area contributed by atoms with Gasteiger partial charge in [-0.3, -0.25) is 0 Å². The van der Waals surface area contributed by atoms with Gasteiger partial charge in [0.25, 0.3) is 5.95 Å². The molecule has 0 N–H and O–H groups in total. The van der Waals surface area contributed by atoms with Gasteiger partial charge in [0.1, 0.15) is 5.76 Å². The van der Waals surface area contributed by atoms with Crippen LogP contribution in [-0.2, 0) is 13.6 Å². The normalized spacial score (nSPS) is 14.1. The highest BCUT2D eigenvalue weighted by atomic mass is 35.5. The molecule has 0 aliphatic heterocycles. The Morgan fingerprint density at radius 2 is 1.57 bits per heavy atom. The monoisotopic (exact) mass is 350 g/mol. The molecule has 0 heterocycles. The van der Waals surface area contributed by atoms with Crippen molar-refractivity contribution in [2.24, 2.45) is 0 Å². The highest BCUT2D eigenvalue weighted by molar-refractivity contribution is 6.70. The van der Waals surface area contributed by atoms with Crippen molar-refractivity contribution < 1.29 is 13.6 Å². The summed E-state index contributed by atoms with van der Waals surface area (Å²) in [6.07, 6.45) is 5.79. The van der Waals surface area contributed by atoms with Crippen LogP contribution in [0, 0.1) is 0 Å². The van der Waals surface area contributed by atoms with Crippen LogP contribution in [0.15, 0.2) is 23.9 Å². The molecule has 0 unspecified atom stereocenters. The molecule has 0 aromatic carbocycles. The van der Waals surface area contributed by atoms with Gasteiger partial charge >= 0.3 is 0 Å². The average molecular weight is 351 g/mol. The Bertz CT molecular complexity index is 355. The van der Waals surface area contributed by atoms with E-state index in [2.05, 4.69) is 45.4 Å². The highest BCUT2D eigenvalue weighted by Crippen LogP contribution is 2.18. The molecule has 0 bridgehead atoms. The SMILES string of the molecule is CCO/C(=C/C(=C\CCCCl)O[Si](C)(C)C)O[Si](C)(C)C. The summed E-state index contributed by atoms with van der Waals surface area (Å²) in [6, 6.07) is 0. The number of alkyl halides is 1. The van der Waals surface area contributed by atoms with Crippen LogP contribution >= 0.6 is 11.6 Å². The van der Waals surface area contributed by atoms with Crippen LogP contribution in [0.2, 0.25) is 39.3 Å². The van der Waals surface area contributed by atoms with E-state index in [1.165, 1.54) is 0 Å². The van der Waals surface area contributed by atoms with E-state index in [0.717, 1.165) is 18.6 Å². The van der Waals surface area contributed by atoms with Crippen molar-refractivity contribution in [3.05, 3.63) is 23.9 Å². The number of hydrogen-bond donors (Lipinski definition) is 0. The van der Waals surface area contributed by atoms with Crippen LogP contribution in [0.25, 0.3) is 0 Å². The molecule has 0 aliphatic carbocycles. The highest BCUT2D eigenvalue weighted by Gasteiger charge is 2.21. The van der Waals surface area contributed by atoms with Crippen molar-refractivity contribution in [1.82, 2.24) is 0 Å². The molecule has 21 heavy (non-hydrogen) atoms. The van der Waals surface area contributed by atoms with Gasteiger partial charge in [-0.25, -0.2) is 0 Å². The van der Waals surface area contributed by atoms with Gasteiger partial charge in [0.05, 0.1) is 12.7 Å². The fourth-order valence-electron chi connectivity index (χ4n) is 1.47. The van der Waals surface area contributed by atoms with Crippen LogP contribution in [0.4, 0.5) is 0 Å². The predicted molar refractivity (Wildman–Crippen MR) is 96.6 cm³/mol. The smallest absolute Gasteiger partial charge is 0.268 e. The molecule has 0 saturated carbocycles. The van der Waals surface area contributed by atoms with Gasteiger partial charge in [-0.2, -0.15) is 0 Å². The maximum absolute atomic E-state index is 6.11. The fourth-order valence-corrected chi connectivity index (χ4v) is 3.19. The van der Waals surface area contributed by atoms with Crippen LogP contribution in [0.1, 0.15) is 19.8 Å². The van der Waals surface area contributed by atoms with E-state index in [4.69, 9.17) is 25.2 Å². The second kappa shape index (κ2) is 9.59. The lowest BCUT2D eigenvalue weighted by Gasteiger charge is -2.24. The van der Waals surface area contributed by atoms with Crippen molar-refractivity contribution in [2.45, 2.75) is 59.0 Å². The van der Waals surface area contributed by atoms with Crippen molar-refractivity contribution in [3.8, 4) is 0 Å². The Kier molecular flexibility index (Phi) is 9.41. The summed E-state index contributed by atoms with van der Waals surface area (Å²) in [5, 5.41) is 0. The summed E-state index contributed by atoms with van der Waals surface area (Å²) in [7, 11) is -3.38. The zero-order valence-corrected chi connectivity index (χ0v) is 17.3. The van der Waals surface area contributed by atoms with Crippen LogP contribution in [0.3, 0.4) is 0 Å². The van der Waals surface area contributed by atoms with E-state index < -0.39 is 16.6 Å². The summed E-state index contributed by atoms with van der Waals surface area (Å²) in [6.45, 7) is 15.4. The Labute approximate surface area is 137 Å². The molecule has 0 aliphatic rings. The van der Waals surface area contributed by atoms with Crippen molar-refractivity contribution in [1.29, 1.82) is 0 Å². The molecule has 0 aromatic heterocycles. The van der Waals surface area contributed by atoms with Gasteiger partial charge in [-0.1, -0.05) is 0 Å². The summed E-state index contributed by atoms with van der Waals surface area (Å²) in [5.41, 5.74) is 0. The second-order valence-electron chi connectivity index (χ2n) is 6.76. The summed E-state index contributed by atoms with van der Waals surface area (Å²) in [4.78, 5) is 0. The van der Waals surface area contributed by atoms with Gasteiger partial charge in [0.15, 0.2) is 0 Å². The number of unbranched alkanes of at least 4 members (excludes halogenated alkanes) is 1. The largest absolute Gasteiger partial charge is 0.544 e. The van der Waals surface area contributed by atoms with E-state index in [1.54, 1.807) is 0 Å². The number of rotatable bonds is 10. The van der Waals surface area contributed by atoms with E-state index in [1.807, 2.05) is 13.0 Å². The van der Waals surface area contributed by atoms with Gasteiger partial charge in [-0.15, -0.1) is 11.6 Å². The molecule has 6 heteroatoms. The van der Waals surface area contributed by atoms with Gasteiger partial charge < -0.3 is 13.6 Å². The third-order valence-electron chi connectivity index (χ3n) is 2.06. The van der Waals surface area contributed by atoms with E-state index >= 15 is 0 Å². The number of ether oxygens (including phenoxy) is 1. The Hall–Kier alpha value is -0.396. The molecule has 0 fully saturated rings. The summed E-state index contributed by atoms with van der Waals surface area (Å²) in [5.74, 6) is 2.05. The standard InChI is InChI=1S/C15H31ClO3Si2/c1-8-17-15(19-21(5,6)7)13-14(11-9-10-12-16)18-20(2,3)4/h11,13H,8-10,12H2,1-7H3/b14-11+,15-13-. The number of hydrogen-bond acceptors (Lipinski definition) is 3. The topological polar surface area (TPSA) is 27.7 Å². The minimum Gasteiger partial charge on any atom is -0.544 e. The first-order valence-electron chi connectivity index (χ1n) is 7.56. The van der Waals surface area contributed by atoms with E-state index in [0.29, 0.717) is 18.4 Å². The Balaban J connectivity index is 5.15. The van der Waals surface area contributed by atoms with E-state index in [-0.39, 0.29) is 0 Å². The van der Waals surface area contributed by atoms with Gasteiger partial charge in [0, 0.05) is 5.88 Å². The predicted octanol–water partition coefficient (Wildman–Crippen LogP) is 5.47. The molecule has 0 rings (SSSR count). The third kappa shape index (κ3) is 13.0. The van der Waals surface area contributed by atoms with Crippen LogP contribution in [-0.4, -0.2) is 29.1 Å². The Morgan fingerprint density at radius 3 is 2.00 bits per heavy atom. The van der Waals surface area contributed by atoms with Crippen LogP contribution in [0.5, 0.6) is 0 Å². The molecular formula is C15H31ClO3Si2. The molecule has 124 valence electrons. The Morgan fingerprint density at radius 1 is 1.00 bits per heavy atom. The molecule has 0 aromatic rings. The lowest BCUT2D eigenvalue weighted by Crippen LogP contribution is -2.27. The third-order valence-corrected chi connectivity index (χ3v) is 3.99. The zero-order chi connectivity index (χ0) is 16.5. The minimum atomic E-state index is -1.71. The molecular weight excluding hydrogens is 320 g/mol. The van der Waals surface area contributed by atoms with Crippen LogP contribution < -0.4 is 0 Å².